The standard InChI is InChI=1S/C19H16BrN3O/c1-23(18-8-3-2-4-9-18)19(24)14-10-17(13-21-12-14)22-16-7-5-6-15(20)11-16/h2-13,22H,1H3. The fourth-order valence-electron chi connectivity index (χ4n) is 2.32. The van der Waals surface area contributed by atoms with Crippen molar-refractivity contribution in [3.63, 3.8) is 0 Å². The van der Waals surface area contributed by atoms with Crippen molar-refractivity contribution in [3.8, 4) is 0 Å². The number of halogens is 1. The van der Waals surface area contributed by atoms with E-state index in [9.17, 15) is 4.79 Å². The third kappa shape index (κ3) is 3.81. The molecule has 0 aliphatic carbocycles. The zero-order valence-electron chi connectivity index (χ0n) is 13.1. The van der Waals surface area contributed by atoms with E-state index in [1.165, 1.54) is 0 Å². The van der Waals surface area contributed by atoms with Gasteiger partial charge in [-0.3, -0.25) is 9.78 Å². The first-order chi connectivity index (χ1) is 11.6. The van der Waals surface area contributed by atoms with Crippen LogP contribution in [-0.4, -0.2) is 17.9 Å². The van der Waals surface area contributed by atoms with E-state index in [-0.39, 0.29) is 5.91 Å². The van der Waals surface area contributed by atoms with Gasteiger partial charge in [0.15, 0.2) is 0 Å². The van der Waals surface area contributed by atoms with Gasteiger partial charge in [0.2, 0.25) is 0 Å². The number of hydrogen-bond acceptors (Lipinski definition) is 3. The first-order valence-corrected chi connectivity index (χ1v) is 8.23. The van der Waals surface area contributed by atoms with E-state index in [4.69, 9.17) is 0 Å². The molecule has 0 spiro atoms. The molecule has 1 aromatic heterocycles. The molecule has 24 heavy (non-hydrogen) atoms. The number of carbonyl (C=O) groups excluding carboxylic acids is 1. The third-order valence-corrected chi connectivity index (χ3v) is 4.04. The molecule has 2 aromatic carbocycles. The molecule has 0 atom stereocenters. The van der Waals surface area contributed by atoms with Gasteiger partial charge in [0.05, 0.1) is 17.4 Å². The number of carbonyl (C=O) groups is 1. The Labute approximate surface area is 149 Å². The van der Waals surface area contributed by atoms with Gasteiger partial charge in [0.25, 0.3) is 5.91 Å². The maximum atomic E-state index is 12.7. The van der Waals surface area contributed by atoms with E-state index >= 15 is 0 Å². The second-order valence-electron chi connectivity index (χ2n) is 5.30. The van der Waals surface area contributed by atoms with E-state index in [0.29, 0.717) is 5.56 Å². The second kappa shape index (κ2) is 7.27. The topological polar surface area (TPSA) is 45.2 Å². The number of pyridine rings is 1. The van der Waals surface area contributed by atoms with Gasteiger partial charge in [0.1, 0.15) is 0 Å². The molecule has 4 nitrogen and oxygen atoms in total. The molecule has 1 heterocycles. The van der Waals surface area contributed by atoms with Crippen LogP contribution in [0.2, 0.25) is 0 Å². The van der Waals surface area contributed by atoms with Crippen molar-refractivity contribution in [1.82, 2.24) is 4.98 Å². The molecule has 5 heteroatoms. The Morgan fingerprint density at radius 3 is 2.54 bits per heavy atom. The van der Waals surface area contributed by atoms with Crippen LogP contribution in [0.5, 0.6) is 0 Å². The molecule has 0 aliphatic rings. The number of anilines is 3. The predicted molar refractivity (Wildman–Crippen MR) is 101 cm³/mol. The van der Waals surface area contributed by atoms with Crippen LogP contribution in [0.25, 0.3) is 0 Å². The summed E-state index contributed by atoms with van der Waals surface area (Å²) in [6.07, 6.45) is 3.27. The SMILES string of the molecule is CN(C(=O)c1cncc(Nc2cccc(Br)c2)c1)c1ccccc1. The maximum Gasteiger partial charge on any atom is 0.259 e. The van der Waals surface area contributed by atoms with Crippen LogP contribution in [0.15, 0.2) is 77.5 Å². The average molecular weight is 382 g/mol. The van der Waals surface area contributed by atoms with Gasteiger partial charge in [-0.1, -0.05) is 40.2 Å². The van der Waals surface area contributed by atoms with Crippen LogP contribution in [0.4, 0.5) is 17.1 Å². The molecule has 0 unspecified atom stereocenters. The lowest BCUT2D eigenvalue weighted by molar-refractivity contribution is 0.0992. The summed E-state index contributed by atoms with van der Waals surface area (Å²) in [5.41, 5.74) is 3.06. The highest BCUT2D eigenvalue weighted by Gasteiger charge is 2.14. The van der Waals surface area contributed by atoms with Crippen molar-refractivity contribution >= 4 is 38.9 Å². The number of nitrogens with one attached hydrogen (secondary N) is 1. The molecular formula is C19H16BrN3O. The second-order valence-corrected chi connectivity index (χ2v) is 6.21. The monoisotopic (exact) mass is 381 g/mol. The lowest BCUT2D eigenvalue weighted by Crippen LogP contribution is -2.26. The van der Waals surface area contributed by atoms with E-state index < -0.39 is 0 Å². The number of amides is 1. The fourth-order valence-corrected chi connectivity index (χ4v) is 2.72. The largest absolute Gasteiger partial charge is 0.354 e. The Kier molecular flexibility index (Phi) is 4.91. The van der Waals surface area contributed by atoms with E-state index in [0.717, 1.165) is 21.5 Å². The Morgan fingerprint density at radius 2 is 1.79 bits per heavy atom. The number of hydrogen-bond donors (Lipinski definition) is 1. The van der Waals surface area contributed by atoms with Crippen LogP contribution in [-0.2, 0) is 0 Å². The first kappa shape index (κ1) is 16.2. The Morgan fingerprint density at radius 1 is 1.00 bits per heavy atom. The highest BCUT2D eigenvalue weighted by atomic mass is 79.9. The molecule has 0 aliphatic heterocycles. The molecule has 0 radical (unpaired) electrons. The molecular weight excluding hydrogens is 366 g/mol. The van der Waals surface area contributed by atoms with E-state index in [2.05, 4.69) is 26.2 Å². The van der Waals surface area contributed by atoms with Gasteiger partial charge in [-0.2, -0.15) is 0 Å². The lowest BCUT2D eigenvalue weighted by atomic mass is 10.2. The van der Waals surface area contributed by atoms with Crippen molar-refractivity contribution < 1.29 is 4.79 Å². The quantitative estimate of drug-likeness (QED) is 0.701. The number of nitrogens with zero attached hydrogens (tertiary/aromatic N) is 2. The number of aromatic nitrogens is 1. The van der Waals surface area contributed by atoms with Crippen LogP contribution in [0, 0.1) is 0 Å². The Hall–Kier alpha value is -2.66. The minimum absolute atomic E-state index is 0.105. The van der Waals surface area contributed by atoms with Crippen molar-refractivity contribution in [3.05, 3.63) is 83.1 Å². The van der Waals surface area contributed by atoms with Crippen molar-refractivity contribution in [2.45, 2.75) is 0 Å². The molecule has 0 fully saturated rings. The van der Waals surface area contributed by atoms with Gasteiger partial charge in [-0.25, -0.2) is 0 Å². The van der Waals surface area contributed by atoms with Gasteiger partial charge < -0.3 is 10.2 Å². The average Bonchev–Trinajstić information content (AvgIpc) is 2.61. The zero-order chi connectivity index (χ0) is 16.9. The Bertz CT molecular complexity index is 852. The smallest absolute Gasteiger partial charge is 0.259 e. The molecule has 0 saturated heterocycles. The van der Waals surface area contributed by atoms with Crippen LogP contribution >= 0.6 is 15.9 Å². The number of benzene rings is 2. The highest BCUT2D eigenvalue weighted by Crippen LogP contribution is 2.21. The van der Waals surface area contributed by atoms with Gasteiger partial charge in [0, 0.05) is 29.1 Å². The number of rotatable bonds is 4. The third-order valence-electron chi connectivity index (χ3n) is 3.55. The van der Waals surface area contributed by atoms with Crippen molar-refractivity contribution in [1.29, 1.82) is 0 Å². The summed E-state index contributed by atoms with van der Waals surface area (Å²) in [5, 5.41) is 3.26. The summed E-state index contributed by atoms with van der Waals surface area (Å²) in [6, 6.07) is 19.1. The molecule has 1 N–H and O–H groups in total. The summed E-state index contributed by atoms with van der Waals surface area (Å²) < 4.78 is 0.983. The van der Waals surface area contributed by atoms with Crippen LogP contribution in [0.3, 0.4) is 0 Å². The number of para-hydroxylation sites is 1. The minimum Gasteiger partial charge on any atom is -0.354 e. The Balaban J connectivity index is 1.81. The summed E-state index contributed by atoms with van der Waals surface area (Å²) in [4.78, 5) is 18.4. The maximum absolute atomic E-state index is 12.7. The minimum atomic E-state index is -0.105. The van der Waals surface area contributed by atoms with E-state index in [1.807, 2.05) is 54.6 Å². The van der Waals surface area contributed by atoms with Gasteiger partial charge in [-0.05, 0) is 36.4 Å². The lowest BCUT2D eigenvalue weighted by Gasteiger charge is -2.17. The summed E-state index contributed by atoms with van der Waals surface area (Å²) in [5.74, 6) is -0.105. The molecule has 0 bridgehead atoms. The summed E-state index contributed by atoms with van der Waals surface area (Å²) in [7, 11) is 1.76. The zero-order valence-corrected chi connectivity index (χ0v) is 14.7. The molecule has 0 saturated carbocycles. The van der Waals surface area contributed by atoms with Gasteiger partial charge in [-0.15, -0.1) is 0 Å². The molecule has 3 rings (SSSR count). The van der Waals surface area contributed by atoms with Crippen LogP contribution in [0.1, 0.15) is 10.4 Å². The predicted octanol–water partition coefficient (Wildman–Crippen LogP) is 4.86. The summed E-state index contributed by atoms with van der Waals surface area (Å²) >= 11 is 3.44. The fraction of sp³-hybridized carbons (Fsp3) is 0.0526. The molecule has 3 aromatic rings. The summed E-state index contributed by atoms with van der Waals surface area (Å²) in [6.45, 7) is 0. The van der Waals surface area contributed by atoms with E-state index in [1.54, 1.807) is 30.4 Å². The molecule has 120 valence electrons. The normalized spacial score (nSPS) is 10.2. The van der Waals surface area contributed by atoms with Crippen molar-refractivity contribution in [2.75, 3.05) is 17.3 Å². The highest BCUT2D eigenvalue weighted by molar-refractivity contribution is 9.10. The van der Waals surface area contributed by atoms with Gasteiger partial charge >= 0.3 is 0 Å². The first-order valence-electron chi connectivity index (χ1n) is 7.44. The van der Waals surface area contributed by atoms with Crippen molar-refractivity contribution in [2.24, 2.45) is 0 Å². The van der Waals surface area contributed by atoms with Crippen LogP contribution < -0.4 is 10.2 Å². The molecule has 1 amide bonds.